The number of halogens is 1. The second kappa shape index (κ2) is 8.58. The number of rotatable bonds is 7. The highest BCUT2D eigenvalue weighted by Crippen LogP contribution is 2.22. The van der Waals surface area contributed by atoms with Gasteiger partial charge >= 0.3 is 0 Å². The molecule has 1 N–H and O–H groups in total. The number of hydrogen-bond acceptors (Lipinski definition) is 4. The summed E-state index contributed by atoms with van der Waals surface area (Å²) in [4.78, 5) is 17.4. The van der Waals surface area contributed by atoms with Gasteiger partial charge < -0.3 is 10.1 Å². The van der Waals surface area contributed by atoms with Crippen LogP contribution in [0, 0.1) is 5.82 Å². The first-order chi connectivity index (χ1) is 12.6. The summed E-state index contributed by atoms with van der Waals surface area (Å²) in [5.41, 5.74) is 2.06. The zero-order chi connectivity index (χ0) is 18.4. The third-order valence-corrected chi connectivity index (χ3v) is 4.78. The molecule has 1 heterocycles. The summed E-state index contributed by atoms with van der Waals surface area (Å²) < 4.78 is 18.1. The van der Waals surface area contributed by atoms with Crippen LogP contribution in [0.2, 0.25) is 0 Å². The molecule has 6 heteroatoms. The average molecular weight is 370 g/mol. The van der Waals surface area contributed by atoms with Crippen LogP contribution in [0.5, 0.6) is 5.75 Å². The first kappa shape index (κ1) is 18.1. The molecule has 0 spiro atoms. The second-order valence-electron chi connectivity index (χ2n) is 5.83. The molecule has 26 heavy (non-hydrogen) atoms. The molecule has 1 amide bonds. The van der Waals surface area contributed by atoms with Gasteiger partial charge in [0.1, 0.15) is 11.6 Å². The summed E-state index contributed by atoms with van der Waals surface area (Å²) in [6.07, 6.45) is 3.42. The number of anilines is 1. The quantitative estimate of drug-likeness (QED) is 0.668. The second-order valence-corrected chi connectivity index (χ2v) is 6.95. The third kappa shape index (κ3) is 5.13. The Morgan fingerprint density at radius 3 is 2.77 bits per heavy atom. The highest BCUT2D eigenvalue weighted by molar-refractivity contribution is 7.15. The van der Waals surface area contributed by atoms with Crippen molar-refractivity contribution in [1.29, 1.82) is 0 Å². The van der Waals surface area contributed by atoms with Gasteiger partial charge in [-0.1, -0.05) is 24.3 Å². The van der Waals surface area contributed by atoms with Crippen LogP contribution in [-0.2, 0) is 17.6 Å². The molecular formula is C20H19FN2O2S. The fourth-order valence-corrected chi connectivity index (χ4v) is 3.38. The van der Waals surface area contributed by atoms with Gasteiger partial charge in [0, 0.05) is 23.9 Å². The Hall–Kier alpha value is -2.73. The topological polar surface area (TPSA) is 51.2 Å². The summed E-state index contributed by atoms with van der Waals surface area (Å²) in [5.74, 6) is 0.464. The van der Waals surface area contributed by atoms with E-state index in [4.69, 9.17) is 4.74 Å². The van der Waals surface area contributed by atoms with Crippen LogP contribution in [0.25, 0.3) is 0 Å². The van der Waals surface area contributed by atoms with Gasteiger partial charge in [-0.15, -0.1) is 11.3 Å². The fraction of sp³-hybridized carbons (Fsp3) is 0.200. The Labute approximate surface area is 155 Å². The lowest BCUT2D eigenvalue weighted by atomic mass is 10.1. The Balaban J connectivity index is 1.51. The lowest BCUT2D eigenvalue weighted by Gasteiger charge is -2.04. The number of carbonyl (C=O) groups is 1. The molecule has 0 fully saturated rings. The summed E-state index contributed by atoms with van der Waals surface area (Å²) in [6.45, 7) is 0. The summed E-state index contributed by atoms with van der Waals surface area (Å²) in [7, 11) is 1.62. The van der Waals surface area contributed by atoms with Crippen LogP contribution in [0.3, 0.4) is 0 Å². The van der Waals surface area contributed by atoms with Gasteiger partial charge in [0.15, 0.2) is 5.13 Å². The number of aromatic nitrogens is 1. The number of aryl methyl sites for hydroxylation is 1. The first-order valence-corrected chi connectivity index (χ1v) is 9.06. The third-order valence-electron chi connectivity index (χ3n) is 3.87. The number of methoxy groups -OCH3 is 1. The standard InChI is InChI=1S/C20H19FN2O2S/c1-25-17-4-2-3-14(11-17)7-10-19(24)23-20-22-13-18(26-20)12-15-5-8-16(21)9-6-15/h2-6,8-9,11,13H,7,10,12H2,1H3,(H,22,23,24). The van der Waals surface area contributed by atoms with Gasteiger partial charge in [0.25, 0.3) is 0 Å². The Morgan fingerprint density at radius 2 is 2.00 bits per heavy atom. The molecule has 134 valence electrons. The Morgan fingerprint density at radius 1 is 1.19 bits per heavy atom. The van der Waals surface area contributed by atoms with E-state index in [1.807, 2.05) is 24.3 Å². The van der Waals surface area contributed by atoms with Crippen LogP contribution in [-0.4, -0.2) is 18.0 Å². The van der Waals surface area contributed by atoms with E-state index >= 15 is 0 Å². The van der Waals surface area contributed by atoms with Crippen LogP contribution in [0.4, 0.5) is 9.52 Å². The molecule has 0 saturated heterocycles. The van der Waals surface area contributed by atoms with Crippen molar-refractivity contribution in [3.05, 3.63) is 76.5 Å². The lowest BCUT2D eigenvalue weighted by Crippen LogP contribution is -2.12. The molecule has 1 aromatic heterocycles. The van der Waals surface area contributed by atoms with Gasteiger partial charge in [-0.25, -0.2) is 9.37 Å². The highest BCUT2D eigenvalue weighted by Gasteiger charge is 2.08. The molecule has 0 aliphatic heterocycles. The van der Waals surface area contributed by atoms with E-state index in [0.29, 0.717) is 24.4 Å². The number of amides is 1. The predicted molar refractivity (Wildman–Crippen MR) is 101 cm³/mol. The molecule has 4 nitrogen and oxygen atoms in total. The monoisotopic (exact) mass is 370 g/mol. The van der Waals surface area contributed by atoms with Crippen molar-refractivity contribution in [2.45, 2.75) is 19.3 Å². The van der Waals surface area contributed by atoms with Crippen LogP contribution in [0.15, 0.2) is 54.7 Å². The smallest absolute Gasteiger partial charge is 0.226 e. The Bertz CT molecular complexity index is 878. The predicted octanol–water partition coefficient (Wildman–Crippen LogP) is 4.45. The number of benzene rings is 2. The van der Waals surface area contributed by atoms with Crippen molar-refractivity contribution in [2.75, 3.05) is 12.4 Å². The molecule has 2 aromatic carbocycles. The molecule has 0 aliphatic carbocycles. The van der Waals surface area contributed by atoms with E-state index in [1.165, 1.54) is 23.5 Å². The van der Waals surface area contributed by atoms with Crippen LogP contribution >= 0.6 is 11.3 Å². The average Bonchev–Trinajstić information content (AvgIpc) is 3.09. The molecule has 3 rings (SSSR count). The maximum atomic E-state index is 12.9. The SMILES string of the molecule is COc1cccc(CCC(=O)Nc2ncc(Cc3ccc(F)cc3)s2)c1. The fourth-order valence-electron chi connectivity index (χ4n) is 2.52. The van der Waals surface area contributed by atoms with E-state index < -0.39 is 0 Å². The minimum absolute atomic E-state index is 0.0736. The zero-order valence-corrected chi connectivity index (χ0v) is 15.2. The van der Waals surface area contributed by atoms with Gasteiger partial charge in [0.2, 0.25) is 5.91 Å². The van der Waals surface area contributed by atoms with Gasteiger partial charge in [-0.05, 0) is 41.8 Å². The van der Waals surface area contributed by atoms with Crippen molar-refractivity contribution in [2.24, 2.45) is 0 Å². The van der Waals surface area contributed by atoms with Crippen LogP contribution < -0.4 is 10.1 Å². The van der Waals surface area contributed by atoms with E-state index in [1.54, 1.807) is 25.4 Å². The van der Waals surface area contributed by atoms with Gasteiger partial charge in [-0.2, -0.15) is 0 Å². The molecule has 0 aliphatic rings. The van der Waals surface area contributed by atoms with Crippen molar-refractivity contribution in [1.82, 2.24) is 4.98 Å². The summed E-state index contributed by atoms with van der Waals surface area (Å²) in [5, 5.41) is 3.41. The number of nitrogens with zero attached hydrogens (tertiary/aromatic N) is 1. The normalized spacial score (nSPS) is 10.5. The molecule has 0 atom stereocenters. The summed E-state index contributed by atoms with van der Waals surface area (Å²) in [6, 6.07) is 14.1. The van der Waals surface area contributed by atoms with Crippen molar-refractivity contribution in [3.63, 3.8) is 0 Å². The molecule has 3 aromatic rings. The zero-order valence-electron chi connectivity index (χ0n) is 14.4. The Kier molecular flexibility index (Phi) is 5.96. The number of hydrogen-bond donors (Lipinski definition) is 1. The maximum absolute atomic E-state index is 12.9. The molecule has 0 radical (unpaired) electrons. The molecule has 0 bridgehead atoms. The molecular weight excluding hydrogens is 351 g/mol. The van der Waals surface area contributed by atoms with Crippen molar-refractivity contribution >= 4 is 22.4 Å². The van der Waals surface area contributed by atoms with Crippen molar-refractivity contribution in [3.8, 4) is 5.75 Å². The number of ether oxygens (including phenoxy) is 1. The summed E-state index contributed by atoms with van der Waals surface area (Å²) >= 11 is 1.43. The van der Waals surface area contributed by atoms with E-state index in [9.17, 15) is 9.18 Å². The minimum Gasteiger partial charge on any atom is -0.497 e. The maximum Gasteiger partial charge on any atom is 0.226 e. The molecule has 0 unspecified atom stereocenters. The van der Waals surface area contributed by atoms with E-state index in [0.717, 1.165) is 21.8 Å². The minimum atomic E-state index is -0.248. The van der Waals surface area contributed by atoms with Gasteiger partial charge in [0.05, 0.1) is 7.11 Å². The number of nitrogens with one attached hydrogen (secondary N) is 1. The van der Waals surface area contributed by atoms with Crippen LogP contribution in [0.1, 0.15) is 22.4 Å². The van der Waals surface area contributed by atoms with E-state index in [2.05, 4.69) is 10.3 Å². The highest BCUT2D eigenvalue weighted by atomic mass is 32.1. The first-order valence-electron chi connectivity index (χ1n) is 8.24. The largest absolute Gasteiger partial charge is 0.497 e. The lowest BCUT2D eigenvalue weighted by molar-refractivity contribution is -0.116. The van der Waals surface area contributed by atoms with Gasteiger partial charge in [-0.3, -0.25) is 4.79 Å². The van der Waals surface area contributed by atoms with E-state index in [-0.39, 0.29) is 11.7 Å². The molecule has 0 saturated carbocycles. The number of thiazole rings is 1. The number of carbonyl (C=O) groups excluding carboxylic acids is 1. The van der Waals surface area contributed by atoms with Crippen molar-refractivity contribution < 1.29 is 13.9 Å².